The van der Waals surface area contributed by atoms with E-state index in [1.165, 1.54) is 6.04 Å². The third-order valence-corrected chi connectivity index (χ3v) is 6.25. The maximum Gasteiger partial charge on any atom is 0.254 e. The molecule has 0 bridgehead atoms. The van der Waals surface area contributed by atoms with Gasteiger partial charge in [-0.15, -0.1) is 0 Å². The van der Waals surface area contributed by atoms with Crippen LogP contribution in [0.4, 0.5) is 0 Å². The Kier molecular flexibility index (Phi) is 5.61. The number of carbonyl (C=O) groups excluding carboxylic acids is 1. The van der Waals surface area contributed by atoms with Crippen LogP contribution in [0.2, 0.25) is 25.7 Å². The summed E-state index contributed by atoms with van der Waals surface area (Å²) in [6, 6.07) is 9.13. The van der Waals surface area contributed by atoms with Gasteiger partial charge in [0.05, 0.1) is 18.7 Å². The average molecular weight is 361 g/mol. The summed E-state index contributed by atoms with van der Waals surface area (Å²) in [5.74, 6) is 0.0873. The van der Waals surface area contributed by atoms with E-state index in [2.05, 4.69) is 24.2 Å². The number of amides is 1. The third-order valence-electron chi connectivity index (χ3n) is 4.54. The van der Waals surface area contributed by atoms with Crippen LogP contribution in [0.3, 0.4) is 0 Å². The first-order valence-electron chi connectivity index (χ1n) is 8.98. The van der Waals surface area contributed by atoms with Crippen molar-refractivity contribution in [2.75, 3.05) is 32.9 Å². The summed E-state index contributed by atoms with van der Waals surface area (Å²) < 4.78 is 13.3. The molecule has 0 radical (unpaired) electrons. The minimum absolute atomic E-state index is 0.0873. The minimum Gasteiger partial charge on any atom is -0.378 e. The zero-order valence-corrected chi connectivity index (χ0v) is 16.5. The van der Waals surface area contributed by atoms with Crippen molar-refractivity contribution in [1.82, 2.24) is 9.47 Å². The largest absolute Gasteiger partial charge is 0.378 e. The second kappa shape index (κ2) is 7.72. The maximum absolute atomic E-state index is 12.6. The lowest BCUT2D eigenvalue weighted by Gasteiger charge is -2.26. The molecular weight excluding hydrogens is 332 g/mol. The average Bonchev–Trinajstić information content (AvgIpc) is 3.00. The number of fused-ring (bicyclic) bond motifs is 1. The Labute approximate surface area is 150 Å². The molecule has 2 heterocycles. The smallest absolute Gasteiger partial charge is 0.254 e. The van der Waals surface area contributed by atoms with E-state index >= 15 is 0 Å². The monoisotopic (exact) mass is 360 g/mol. The lowest BCUT2D eigenvalue weighted by molar-refractivity contribution is 0.0303. The van der Waals surface area contributed by atoms with Gasteiger partial charge in [-0.1, -0.05) is 19.6 Å². The highest BCUT2D eigenvalue weighted by atomic mass is 28.3. The minimum atomic E-state index is -1.05. The first-order valence-corrected chi connectivity index (χ1v) is 12.7. The fourth-order valence-corrected chi connectivity index (χ4v) is 3.69. The van der Waals surface area contributed by atoms with Crippen molar-refractivity contribution in [2.45, 2.75) is 32.4 Å². The molecule has 5 nitrogen and oxygen atoms in total. The number of nitrogens with zero attached hydrogens (tertiary/aromatic N) is 2. The fourth-order valence-electron chi connectivity index (χ4n) is 2.94. The number of hydrogen-bond acceptors (Lipinski definition) is 3. The van der Waals surface area contributed by atoms with Crippen LogP contribution in [0.1, 0.15) is 10.4 Å². The number of carbonyl (C=O) groups is 1. The Balaban J connectivity index is 1.65. The van der Waals surface area contributed by atoms with Crippen LogP contribution in [0.5, 0.6) is 0 Å². The molecule has 0 aliphatic carbocycles. The fraction of sp³-hybridized carbons (Fsp3) is 0.526. The van der Waals surface area contributed by atoms with Crippen molar-refractivity contribution >= 4 is 24.9 Å². The van der Waals surface area contributed by atoms with Crippen molar-refractivity contribution in [1.29, 1.82) is 0 Å². The Hall–Kier alpha value is -1.63. The molecule has 136 valence electrons. The zero-order valence-electron chi connectivity index (χ0n) is 15.5. The van der Waals surface area contributed by atoms with Crippen LogP contribution in [-0.2, 0) is 16.2 Å². The predicted octanol–water partition coefficient (Wildman–Crippen LogP) is 3.43. The Morgan fingerprint density at radius 1 is 1.20 bits per heavy atom. The summed E-state index contributed by atoms with van der Waals surface area (Å²) in [6.07, 6.45) is 2.03. The van der Waals surface area contributed by atoms with Gasteiger partial charge in [0.2, 0.25) is 0 Å². The van der Waals surface area contributed by atoms with Crippen LogP contribution in [0.25, 0.3) is 10.9 Å². The number of hydrogen-bond donors (Lipinski definition) is 0. The van der Waals surface area contributed by atoms with Crippen molar-refractivity contribution in [2.24, 2.45) is 0 Å². The second-order valence-corrected chi connectivity index (χ2v) is 13.4. The van der Waals surface area contributed by atoms with Gasteiger partial charge < -0.3 is 18.9 Å². The van der Waals surface area contributed by atoms with Crippen molar-refractivity contribution in [3.8, 4) is 0 Å². The van der Waals surface area contributed by atoms with E-state index in [4.69, 9.17) is 9.47 Å². The van der Waals surface area contributed by atoms with Gasteiger partial charge in [-0.3, -0.25) is 4.79 Å². The normalized spacial score (nSPS) is 15.7. The van der Waals surface area contributed by atoms with E-state index < -0.39 is 8.07 Å². The summed E-state index contributed by atoms with van der Waals surface area (Å²) in [5.41, 5.74) is 1.85. The number of benzene rings is 1. The van der Waals surface area contributed by atoms with Crippen molar-refractivity contribution < 1.29 is 14.3 Å². The summed E-state index contributed by atoms with van der Waals surface area (Å²) in [6.45, 7) is 11.0. The molecule has 1 amide bonds. The maximum atomic E-state index is 12.6. The van der Waals surface area contributed by atoms with Crippen LogP contribution in [0, 0.1) is 0 Å². The van der Waals surface area contributed by atoms with Gasteiger partial charge in [-0.2, -0.15) is 0 Å². The third kappa shape index (κ3) is 4.71. The van der Waals surface area contributed by atoms with E-state index in [1.54, 1.807) is 0 Å². The molecule has 0 saturated carbocycles. The van der Waals surface area contributed by atoms with Gasteiger partial charge in [0.15, 0.2) is 0 Å². The quantitative estimate of drug-likeness (QED) is 0.586. The molecule has 1 aliphatic rings. The van der Waals surface area contributed by atoms with Gasteiger partial charge in [-0.05, 0) is 30.3 Å². The van der Waals surface area contributed by atoms with Crippen LogP contribution >= 0.6 is 0 Å². The summed E-state index contributed by atoms with van der Waals surface area (Å²) in [5, 5.41) is 1.08. The van der Waals surface area contributed by atoms with E-state index in [1.807, 2.05) is 35.4 Å². The van der Waals surface area contributed by atoms with Crippen molar-refractivity contribution in [3.05, 3.63) is 36.0 Å². The van der Waals surface area contributed by atoms with Crippen LogP contribution < -0.4 is 0 Å². The molecule has 3 rings (SSSR count). The molecule has 1 fully saturated rings. The number of rotatable bonds is 6. The lowest BCUT2D eigenvalue weighted by atomic mass is 10.1. The van der Waals surface area contributed by atoms with Gasteiger partial charge in [0.1, 0.15) is 6.73 Å². The van der Waals surface area contributed by atoms with E-state index in [-0.39, 0.29) is 5.91 Å². The van der Waals surface area contributed by atoms with Gasteiger partial charge in [0.25, 0.3) is 5.91 Å². The SMILES string of the molecule is C[Si](C)(C)CCOCn1ccc2cc(C(=O)N3CCOCC3)ccc21. The standard InChI is InChI=1S/C19H28N2O3Si/c1-25(2,3)13-12-24-15-21-7-6-16-14-17(4-5-18(16)21)19(22)20-8-10-23-11-9-20/h4-7,14H,8-13,15H2,1-3H3. The molecule has 1 aromatic carbocycles. The first kappa shape index (κ1) is 18.2. The highest BCUT2D eigenvalue weighted by molar-refractivity contribution is 6.76. The molecule has 6 heteroatoms. The topological polar surface area (TPSA) is 43.7 Å². The highest BCUT2D eigenvalue weighted by Crippen LogP contribution is 2.19. The van der Waals surface area contributed by atoms with Gasteiger partial charge >= 0.3 is 0 Å². The molecule has 25 heavy (non-hydrogen) atoms. The number of aromatic nitrogens is 1. The Bertz CT molecular complexity index is 730. The summed E-state index contributed by atoms with van der Waals surface area (Å²) in [7, 11) is -1.05. The molecule has 0 spiro atoms. The van der Waals surface area contributed by atoms with E-state index in [0.29, 0.717) is 33.0 Å². The molecule has 1 saturated heterocycles. The molecule has 2 aromatic rings. The van der Waals surface area contributed by atoms with E-state index in [9.17, 15) is 4.79 Å². The van der Waals surface area contributed by atoms with Crippen LogP contribution in [-0.4, -0.2) is 56.4 Å². The molecule has 0 N–H and O–H groups in total. The molecule has 0 atom stereocenters. The number of morpholine rings is 1. The molecular formula is C19H28N2O3Si. The van der Waals surface area contributed by atoms with E-state index in [0.717, 1.165) is 23.1 Å². The summed E-state index contributed by atoms with van der Waals surface area (Å²) in [4.78, 5) is 14.5. The first-order chi connectivity index (χ1) is 11.9. The Morgan fingerprint density at radius 2 is 1.96 bits per heavy atom. The molecule has 0 unspecified atom stereocenters. The molecule has 1 aromatic heterocycles. The van der Waals surface area contributed by atoms with Gasteiger partial charge in [0, 0.05) is 44.9 Å². The van der Waals surface area contributed by atoms with Gasteiger partial charge in [-0.25, -0.2) is 0 Å². The molecule has 1 aliphatic heterocycles. The Morgan fingerprint density at radius 3 is 2.68 bits per heavy atom. The summed E-state index contributed by atoms with van der Waals surface area (Å²) >= 11 is 0. The lowest BCUT2D eigenvalue weighted by Crippen LogP contribution is -2.40. The zero-order chi connectivity index (χ0) is 17.9. The van der Waals surface area contributed by atoms with Crippen molar-refractivity contribution in [3.63, 3.8) is 0 Å². The number of ether oxygens (including phenoxy) is 2. The van der Waals surface area contributed by atoms with Crippen LogP contribution in [0.15, 0.2) is 30.5 Å². The second-order valence-electron chi connectivity index (χ2n) is 7.81. The predicted molar refractivity (Wildman–Crippen MR) is 103 cm³/mol. The highest BCUT2D eigenvalue weighted by Gasteiger charge is 2.19.